The maximum Gasteiger partial charge on any atom is 0.305 e. The summed E-state index contributed by atoms with van der Waals surface area (Å²) in [6, 6.07) is -0.0964. The van der Waals surface area contributed by atoms with Crippen LogP contribution in [0.5, 0.6) is 0 Å². The number of rotatable bonds is 3. The van der Waals surface area contributed by atoms with Gasteiger partial charge in [-0.25, -0.2) is 0 Å². The molecule has 1 atom stereocenters. The van der Waals surface area contributed by atoms with Crippen molar-refractivity contribution in [2.75, 3.05) is 6.54 Å². The first kappa shape index (κ1) is 12.1. The Hall–Kier alpha value is -1.32. The van der Waals surface area contributed by atoms with Gasteiger partial charge in [0.2, 0.25) is 5.91 Å². The van der Waals surface area contributed by atoms with Crippen molar-refractivity contribution in [3.63, 3.8) is 0 Å². The molecule has 0 radical (unpaired) electrons. The molecule has 1 unspecified atom stereocenters. The number of nitrogens with zero attached hydrogens (tertiary/aromatic N) is 1. The van der Waals surface area contributed by atoms with Crippen molar-refractivity contribution in [2.24, 2.45) is 0 Å². The third-order valence-electron chi connectivity index (χ3n) is 3.80. The Bertz CT molecular complexity index is 373. The van der Waals surface area contributed by atoms with Crippen LogP contribution < -0.4 is 0 Å². The molecule has 1 fully saturated rings. The summed E-state index contributed by atoms with van der Waals surface area (Å²) < 4.78 is 0. The van der Waals surface area contributed by atoms with Crippen LogP contribution >= 0.6 is 0 Å². The quantitative estimate of drug-likeness (QED) is 0.816. The number of amides is 1. The lowest BCUT2D eigenvalue weighted by molar-refractivity contribution is -0.139. The van der Waals surface area contributed by atoms with E-state index in [0.29, 0.717) is 6.54 Å². The number of carbonyl (C=O) groups is 2. The number of allylic oxidation sites excluding steroid dienone is 1. The molecule has 1 amide bonds. The molecule has 2 rings (SSSR count). The van der Waals surface area contributed by atoms with E-state index in [1.165, 1.54) is 5.57 Å². The van der Waals surface area contributed by atoms with Crippen molar-refractivity contribution in [3.05, 3.63) is 11.1 Å². The maximum absolute atomic E-state index is 12.3. The molecule has 2 aliphatic rings. The fourth-order valence-electron chi connectivity index (χ4n) is 2.87. The average molecular weight is 237 g/mol. The van der Waals surface area contributed by atoms with E-state index in [-0.39, 0.29) is 18.4 Å². The Morgan fingerprint density at radius 2 is 2.12 bits per heavy atom. The van der Waals surface area contributed by atoms with E-state index in [2.05, 4.69) is 0 Å². The minimum absolute atomic E-state index is 0.0814. The van der Waals surface area contributed by atoms with Gasteiger partial charge in [-0.05, 0) is 39.0 Å². The highest BCUT2D eigenvalue weighted by molar-refractivity contribution is 5.95. The van der Waals surface area contributed by atoms with Crippen LogP contribution in [-0.2, 0) is 9.59 Å². The summed E-state index contributed by atoms with van der Waals surface area (Å²) in [7, 11) is 0. The zero-order valence-electron chi connectivity index (χ0n) is 10.2. The van der Waals surface area contributed by atoms with Crippen LogP contribution in [0, 0.1) is 0 Å². The van der Waals surface area contributed by atoms with Gasteiger partial charge in [0.1, 0.15) is 0 Å². The number of likely N-dealkylation sites (tertiary alicyclic amines) is 1. The Kier molecular flexibility index (Phi) is 3.50. The topological polar surface area (TPSA) is 57.6 Å². The lowest BCUT2D eigenvalue weighted by atomic mass is 10.1. The molecule has 1 saturated heterocycles. The van der Waals surface area contributed by atoms with Crippen molar-refractivity contribution in [2.45, 2.75) is 51.5 Å². The van der Waals surface area contributed by atoms with Crippen LogP contribution in [0.15, 0.2) is 11.1 Å². The second-order valence-corrected chi connectivity index (χ2v) is 5.00. The van der Waals surface area contributed by atoms with Gasteiger partial charge in [-0.3, -0.25) is 9.59 Å². The van der Waals surface area contributed by atoms with Crippen LogP contribution in [0.25, 0.3) is 0 Å². The molecule has 4 nitrogen and oxygen atoms in total. The van der Waals surface area contributed by atoms with Crippen molar-refractivity contribution in [1.82, 2.24) is 4.90 Å². The van der Waals surface area contributed by atoms with E-state index in [0.717, 1.165) is 37.7 Å². The van der Waals surface area contributed by atoms with Gasteiger partial charge < -0.3 is 10.0 Å². The van der Waals surface area contributed by atoms with Crippen LogP contribution in [0.1, 0.15) is 45.4 Å². The highest BCUT2D eigenvalue weighted by Gasteiger charge is 2.33. The molecule has 1 aliphatic heterocycles. The Morgan fingerprint density at radius 1 is 1.35 bits per heavy atom. The number of hydrogen-bond donors (Lipinski definition) is 1. The summed E-state index contributed by atoms with van der Waals surface area (Å²) in [5.74, 6) is -0.726. The molecule has 1 aliphatic carbocycles. The molecule has 4 heteroatoms. The molecule has 1 heterocycles. The van der Waals surface area contributed by atoms with Crippen molar-refractivity contribution >= 4 is 11.9 Å². The monoisotopic (exact) mass is 237 g/mol. The van der Waals surface area contributed by atoms with Gasteiger partial charge in [0.05, 0.1) is 6.42 Å². The van der Waals surface area contributed by atoms with E-state index in [1.54, 1.807) is 4.90 Å². The van der Waals surface area contributed by atoms with Crippen LogP contribution in [-0.4, -0.2) is 34.5 Å². The first-order valence-corrected chi connectivity index (χ1v) is 6.31. The van der Waals surface area contributed by atoms with Crippen LogP contribution in [0.4, 0.5) is 0 Å². The van der Waals surface area contributed by atoms with Gasteiger partial charge >= 0.3 is 5.97 Å². The number of carboxylic acids is 1. The van der Waals surface area contributed by atoms with Gasteiger partial charge in [0, 0.05) is 18.2 Å². The largest absolute Gasteiger partial charge is 0.481 e. The summed E-state index contributed by atoms with van der Waals surface area (Å²) in [4.78, 5) is 24.9. The summed E-state index contributed by atoms with van der Waals surface area (Å²) in [6.07, 6.45) is 4.77. The SMILES string of the molecule is CC1=C(C(=O)N2CCCC2CC(=O)O)CCC1. The summed E-state index contributed by atoms with van der Waals surface area (Å²) in [5, 5.41) is 8.84. The maximum atomic E-state index is 12.3. The third-order valence-corrected chi connectivity index (χ3v) is 3.80. The minimum Gasteiger partial charge on any atom is -0.481 e. The summed E-state index contributed by atoms with van der Waals surface area (Å²) in [5.41, 5.74) is 2.12. The fraction of sp³-hybridized carbons (Fsp3) is 0.692. The van der Waals surface area contributed by atoms with Crippen LogP contribution in [0.2, 0.25) is 0 Å². The lowest BCUT2D eigenvalue weighted by Crippen LogP contribution is -2.37. The molecule has 0 bridgehead atoms. The molecule has 1 N–H and O–H groups in total. The Morgan fingerprint density at radius 3 is 2.71 bits per heavy atom. The van der Waals surface area contributed by atoms with E-state index in [4.69, 9.17) is 5.11 Å². The number of carboxylic acid groups (broad SMARTS) is 1. The molecule has 0 aromatic rings. The van der Waals surface area contributed by atoms with Crippen molar-refractivity contribution in [1.29, 1.82) is 0 Å². The van der Waals surface area contributed by atoms with Gasteiger partial charge in [-0.15, -0.1) is 0 Å². The molecule has 0 aromatic carbocycles. The molecule has 0 saturated carbocycles. The molecule has 0 spiro atoms. The van der Waals surface area contributed by atoms with E-state index >= 15 is 0 Å². The lowest BCUT2D eigenvalue weighted by Gasteiger charge is -2.24. The van der Waals surface area contributed by atoms with Gasteiger partial charge in [-0.1, -0.05) is 5.57 Å². The second-order valence-electron chi connectivity index (χ2n) is 5.00. The van der Waals surface area contributed by atoms with Crippen molar-refractivity contribution in [3.8, 4) is 0 Å². The molecule has 17 heavy (non-hydrogen) atoms. The number of carbonyl (C=O) groups excluding carboxylic acids is 1. The van der Waals surface area contributed by atoms with Crippen molar-refractivity contribution < 1.29 is 14.7 Å². The highest BCUT2D eigenvalue weighted by atomic mass is 16.4. The van der Waals surface area contributed by atoms with Gasteiger partial charge in [0.15, 0.2) is 0 Å². The second kappa shape index (κ2) is 4.90. The number of aliphatic carboxylic acids is 1. The normalized spacial score (nSPS) is 24.5. The Labute approximate surface area is 101 Å². The summed E-state index contributed by atoms with van der Waals surface area (Å²) in [6.45, 7) is 2.73. The summed E-state index contributed by atoms with van der Waals surface area (Å²) >= 11 is 0. The predicted molar refractivity (Wildman–Crippen MR) is 63.5 cm³/mol. The zero-order chi connectivity index (χ0) is 12.4. The zero-order valence-corrected chi connectivity index (χ0v) is 10.2. The molecular formula is C13H19NO3. The predicted octanol–water partition coefficient (Wildman–Crippen LogP) is 1.95. The standard InChI is InChI=1S/C13H19NO3/c1-9-4-2-6-11(9)13(17)14-7-3-5-10(14)8-12(15)16/h10H,2-8H2,1H3,(H,15,16). The molecule has 94 valence electrons. The van der Waals surface area contributed by atoms with Gasteiger partial charge in [-0.2, -0.15) is 0 Å². The molecular weight excluding hydrogens is 218 g/mol. The first-order valence-electron chi connectivity index (χ1n) is 6.31. The van der Waals surface area contributed by atoms with Crippen LogP contribution in [0.3, 0.4) is 0 Å². The van der Waals surface area contributed by atoms with Gasteiger partial charge in [0.25, 0.3) is 0 Å². The molecule has 0 aromatic heterocycles. The van der Waals surface area contributed by atoms with E-state index in [1.807, 2.05) is 6.92 Å². The average Bonchev–Trinajstić information content (AvgIpc) is 2.85. The van der Waals surface area contributed by atoms with E-state index < -0.39 is 5.97 Å². The Balaban J connectivity index is 2.08. The number of hydrogen-bond acceptors (Lipinski definition) is 2. The minimum atomic E-state index is -0.813. The van der Waals surface area contributed by atoms with E-state index in [9.17, 15) is 9.59 Å². The fourth-order valence-corrected chi connectivity index (χ4v) is 2.87. The third kappa shape index (κ3) is 2.51. The first-order chi connectivity index (χ1) is 8.09. The highest BCUT2D eigenvalue weighted by Crippen LogP contribution is 2.30. The smallest absolute Gasteiger partial charge is 0.305 e.